The highest BCUT2D eigenvalue weighted by Crippen LogP contribution is 2.26. The Labute approximate surface area is 88.9 Å². The first kappa shape index (κ1) is 10.8. The normalized spacial score (nSPS) is 10.0. The van der Waals surface area contributed by atoms with Crippen LogP contribution in [-0.2, 0) is 4.79 Å². The molecule has 72 valence electrons. The molecule has 0 radical (unpaired) electrons. The lowest BCUT2D eigenvalue weighted by atomic mass is 10.7. The van der Waals surface area contributed by atoms with Gasteiger partial charge in [0.25, 0.3) is 0 Å². The lowest BCUT2D eigenvalue weighted by Gasteiger charge is -1.94. The zero-order chi connectivity index (χ0) is 9.68. The standard InChI is InChI=1S/C6H9N3OS3/c1-7-4(10)3-12-6-9-8-5(11-2)13-6/h3H2,1-2H3,(H,7,10). The fourth-order valence-electron chi connectivity index (χ4n) is 0.537. The van der Waals surface area contributed by atoms with Crippen molar-refractivity contribution in [1.82, 2.24) is 15.5 Å². The smallest absolute Gasteiger partial charge is 0.230 e. The van der Waals surface area contributed by atoms with Crippen LogP contribution in [0.25, 0.3) is 0 Å². The Morgan fingerprint density at radius 3 is 2.77 bits per heavy atom. The number of carbonyl (C=O) groups is 1. The monoisotopic (exact) mass is 235 g/mol. The first-order valence-electron chi connectivity index (χ1n) is 3.47. The van der Waals surface area contributed by atoms with Crippen LogP contribution in [0.5, 0.6) is 0 Å². The SMILES string of the molecule is CNC(=O)CSc1nnc(SC)s1. The third-order valence-corrected chi connectivity index (χ3v) is 4.20. The molecule has 1 heterocycles. The van der Waals surface area contributed by atoms with Crippen LogP contribution in [0.4, 0.5) is 0 Å². The Balaban J connectivity index is 2.41. The molecule has 0 spiro atoms. The van der Waals surface area contributed by atoms with E-state index in [0.29, 0.717) is 5.75 Å². The van der Waals surface area contributed by atoms with E-state index in [-0.39, 0.29) is 5.91 Å². The molecule has 0 saturated heterocycles. The van der Waals surface area contributed by atoms with Crippen molar-refractivity contribution in [2.24, 2.45) is 0 Å². The van der Waals surface area contributed by atoms with E-state index in [1.54, 1.807) is 18.8 Å². The fraction of sp³-hybridized carbons (Fsp3) is 0.500. The molecule has 0 unspecified atom stereocenters. The molecule has 0 aliphatic heterocycles. The van der Waals surface area contributed by atoms with Crippen molar-refractivity contribution < 1.29 is 4.79 Å². The Kier molecular flexibility index (Phi) is 4.54. The van der Waals surface area contributed by atoms with E-state index in [1.165, 1.54) is 23.1 Å². The summed E-state index contributed by atoms with van der Waals surface area (Å²) in [7, 11) is 1.62. The third-order valence-electron chi connectivity index (χ3n) is 1.17. The van der Waals surface area contributed by atoms with Gasteiger partial charge in [-0.2, -0.15) is 0 Å². The van der Waals surface area contributed by atoms with Gasteiger partial charge in [-0.1, -0.05) is 34.9 Å². The molecule has 0 aliphatic carbocycles. The van der Waals surface area contributed by atoms with Crippen LogP contribution in [0.2, 0.25) is 0 Å². The lowest BCUT2D eigenvalue weighted by molar-refractivity contribution is -0.118. The number of hydrogen-bond donors (Lipinski definition) is 1. The summed E-state index contributed by atoms with van der Waals surface area (Å²) < 4.78 is 1.77. The molecule has 4 nitrogen and oxygen atoms in total. The van der Waals surface area contributed by atoms with E-state index in [9.17, 15) is 4.79 Å². The number of carbonyl (C=O) groups excluding carboxylic acids is 1. The van der Waals surface area contributed by atoms with Gasteiger partial charge in [0, 0.05) is 7.05 Å². The van der Waals surface area contributed by atoms with Crippen molar-refractivity contribution in [3.63, 3.8) is 0 Å². The van der Waals surface area contributed by atoms with Gasteiger partial charge >= 0.3 is 0 Å². The van der Waals surface area contributed by atoms with Crippen molar-refractivity contribution in [2.45, 2.75) is 8.68 Å². The average molecular weight is 235 g/mol. The summed E-state index contributed by atoms with van der Waals surface area (Å²) >= 11 is 4.48. The first-order valence-corrected chi connectivity index (χ1v) is 6.50. The zero-order valence-corrected chi connectivity index (χ0v) is 9.68. The Morgan fingerprint density at radius 2 is 2.23 bits per heavy atom. The van der Waals surface area contributed by atoms with E-state index in [1.807, 2.05) is 6.26 Å². The quantitative estimate of drug-likeness (QED) is 0.792. The summed E-state index contributed by atoms with van der Waals surface area (Å²) in [6.07, 6.45) is 1.95. The van der Waals surface area contributed by atoms with Crippen LogP contribution in [-0.4, -0.2) is 35.2 Å². The molecule has 0 saturated carbocycles. The molecule has 0 atom stereocenters. The van der Waals surface area contributed by atoms with Gasteiger partial charge in [-0.25, -0.2) is 0 Å². The molecule has 1 rings (SSSR count). The van der Waals surface area contributed by atoms with Gasteiger partial charge in [0.05, 0.1) is 5.75 Å². The van der Waals surface area contributed by atoms with E-state index < -0.39 is 0 Å². The topological polar surface area (TPSA) is 54.9 Å². The zero-order valence-electron chi connectivity index (χ0n) is 7.23. The van der Waals surface area contributed by atoms with Crippen LogP contribution >= 0.6 is 34.9 Å². The van der Waals surface area contributed by atoms with E-state index in [0.717, 1.165) is 8.68 Å². The van der Waals surface area contributed by atoms with Crippen LogP contribution in [0, 0.1) is 0 Å². The number of nitrogens with zero attached hydrogens (tertiary/aromatic N) is 2. The molecule has 13 heavy (non-hydrogen) atoms. The van der Waals surface area contributed by atoms with Crippen LogP contribution in [0.3, 0.4) is 0 Å². The van der Waals surface area contributed by atoms with Gasteiger partial charge < -0.3 is 5.32 Å². The number of aromatic nitrogens is 2. The largest absolute Gasteiger partial charge is 0.358 e. The molecule has 1 aromatic rings. The van der Waals surface area contributed by atoms with Gasteiger partial charge in [0.2, 0.25) is 5.91 Å². The van der Waals surface area contributed by atoms with E-state index in [4.69, 9.17) is 0 Å². The van der Waals surface area contributed by atoms with E-state index in [2.05, 4.69) is 15.5 Å². The van der Waals surface area contributed by atoms with Crippen LogP contribution in [0.15, 0.2) is 8.68 Å². The van der Waals surface area contributed by atoms with Crippen molar-refractivity contribution in [3.05, 3.63) is 0 Å². The predicted octanol–water partition coefficient (Wildman–Crippen LogP) is 1.10. The highest BCUT2D eigenvalue weighted by atomic mass is 32.2. The summed E-state index contributed by atoms with van der Waals surface area (Å²) in [5.74, 6) is 0.408. The van der Waals surface area contributed by atoms with Crippen LogP contribution in [0.1, 0.15) is 0 Å². The maximum Gasteiger partial charge on any atom is 0.230 e. The van der Waals surface area contributed by atoms with Gasteiger partial charge in [-0.05, 0) is 6.26 Å². The van der Waals surface area contributed by atoms with Crippen molar-refractivity contribution >= 4 is 40.8 Å². The molecule has 0 bridgehead atoms. The summed E-state index contributed by atoms with van der Waals surface area (Å²) in [4.78, 5) is 10.9. The second-order valence-electron chi connectivity index (χ2n) is 2.00. The highest BCUT2D eigenvalue weighted by molar-refractivity contribution is 8.03. The summed E-state index contributed by atoms with van der Waals surface area (Å²) in [6, 6.07) is 0. The van der Waals surface area contributed by atoms with Gasteiger partial charge in [-0.15, -0.1) is 10.2 Å². The fourth-order valence-corrected chi connectivity index (χ4v) is 2.85. The number of hydrogen-bond acceptors (Lipinski definition) is 6. The molecule has 0 aliphatic rings. The molecule has 7 heteroatoms. The molecular weight excluding hydrogens is 226 g/mol. The highest BCUT2D eigenvalue weighted by Gasteiger charge is 2.05. The van der Waals surface area contributed by atoms with Gasteiger partial charge in [0.15, 0.2) is 8.68 Å². The predicted molar refractivity (Wildman–Crippen MR) is 56.5 cm³/mol. The summed E-state index contributed by atoms with van der Waals surface area (Å²) in [6.45, 7) is 0. The first-order chi connectivity index (χ1) is 6.26. The Morgan fingerprint density at radius 1 is 1.54 bits per heavy atom. The maximum absolute atomic E-state index is 10.9. The molecule has 0 aromatic carbocycles. The molecule has 0 fully saturated rings. The Hall–Kier alpha value is -0.270. The second kappa shape index (κ2) is 5.46. The number of amides is 1. The van der Waals surface area contributed by atoms with Crippen molar-refractivity contribution in [3.8, 4) is 0 Å². The lowest BCUT2D eigenvalue weighted by Crippen LogP contribution is -2.19. The van der Waals surface area contributed by atoms with Gasteiger partial charge in [0.1, 0.15) is 0 Å². The minimum Gasteiger partial charge on any atom is -0.358 e. The van der Waals surface area contributed by atoms with Crippen molar-refractivity contribution in [1.29, 1.82) is 0 Å². The minimum absolute atomic E-state index is 0.00546. The number of nitrogens with one attached hydrogen (secondary N) is 1. The van der Waals surface area contributed by atoms with Crippen molar-refractivity contribution in [2.75, 3.05) is 19.1 Å². The molecule has 1 aromatic heterocycles. The van der Waals surface area contributed by atoms with E-state index >= 15 is 0 Å². The minimum atomic E-state index is 0.00546. The molecule has 1 amide bonds. The summed E-state index contributed by atoms with van der Waals surface area (Å²) in [5, 5.41) is 10.4. The summed E-state index contributed by atoms with van der Waals surface area (Å²) in [5.41, 5.74) is 0. The molecular formula is C6H9N3OS3. The second-order valence-corrected chi connectivity index (χ2v) is 5.25. The maximum atomic E-state index is 10.9. The number of rotatable bonds is 4. The Bertz CT molecular complexity index is 288. The van der Waals surface area contributed by atoms with Gasteiger partial charge in [-0.3, -0.25) is 4.79 Å². The van der Waals surface area contributed by atoms with Crippen LogP contribution < -0.4 is 5.32 Å². The molecule has 1 N–H and O–H groups in total. The third kappa shape index (κ3) is 3.53. The number of thioether (sulfide) groups is 2. The average Bonchev–Trinajstić information content (AvgIpc) is 2.61.